The molecule has 0 aliphatic heterocycles. The third-order valence-corrected chi connectivity index (χ3v) is 16.5. The number of unbranched alkanes of at least 4 members (excludes halogenated alkanes) is 44. The summed E-state index contributed by atoms with van der Waals surface area (Å²) in [5, 5.41) is 0. The van der Waals surface area contributed by atoms with Crippen LogP contribution >= 0.6 is 0 Å². The second-order valence-electron chi connectivity index (χ2n) is 25.7. The van der Waals surface area contributed by atoms with Crippen LogP contribution in [0.3, 0.4) is 0 Å². The SMILES string of the molecule is CCCCCCCCCCCCCCOCC(C[N+](C)(C)CCC[N+](C)(C)CC(COCCCCCCCCCCCCCC)OCCCCCCCCCCCCCC)OCCCCCCCCCCCCCC. The molecule has 0 aromatic carbocycles. The van der Waals surface area contributed by atoms with Gasteiger partial charge < -0.3 is 27.9 Å². The van der Waals surface area contributed by atoms with Crippen LogP contribution in [-0.4, -0.2) is 115 Å². The Kier molecular flexibility index (Phi) is 59.7. The zero-order chi connectivity index (χ0) is 54.7. The molecule has 2 atom stereocenters. The molecule has 0 bridgehead atoms. The Balaban J connectivity index is 5.01. The van der Waals surface area contributed by atoms with Gasteiger partial charge in [-0.3, -0.25) is 0 Å². The van der Waals surface area contributed by atoms with Gasteiger partial charge in [-0.1, -0.05) is 310 Å². The summed E-state index contributed by atoms with van der Waals surface area (Å²) in [6, 6.07) is 0. The monoisotopic (exact) mass is 1070 g/mol. The summed E-state index contributed by atoms with van der Waals surface area (Å²) >= 11 is 0. The molecule has 0 N–H and O–H groups in total. The Morgan fingerprint density at radius 3 is 0.627 bits per heavy atom. The van der Waals surface area contributed by atoms with Gasteiger partial charge in [0.2, 0.25) is 0 Å². The van der Waals surface area contributed by atoms with Crippen molar-refractivity contribution in [2.24, 2.45) is 0 Å². The molecule has 0 saturated carbocycles. The van der Waals surface area contributed by atoms with E-state index in [0.717, 1.165) is 74.8 Å². The highest BCUT2D eigenvalue weighted by atomic mass is 16.5. The first-order chi connectivity index (χ1) is 36.7. The summed E-state index contributed by atoms with van der Waals surface area (Å²) < 4.78 is 28.2. The second kappa shape index (κ2) is 59.9. The van der Waals surface area contributed by atoms with E-state index >= 15 is 0 Å². The van der Waals surface area contributed by atoms with Crippen molar-refractivity contribution in [2.75, 3.05) is 94.0 Å². The van der Waals surface area contributed by atoms with Crippen LogP contribution in [0.1, 0.15) is 342 Å². The van der Waals surface area contributed by atoms with E-state index in [-0.39, 0.29) is 12.2 Å². The average molecular weight is 1070 g/mol. The minimum atomic E-state index is 0.160. The molecule has 0 rings (SSSR count). The van der Waals surface area contributed by atoms with E-state index in [9.17, 15) is 0 Å². The number of ether oxygens (including phenoxy) is 4. The number of nitrogens with zero attached hydrogens (tertiary/aromatic N) is 2. The minimum absolute atomic E-state index is 0.160. The third-order valence-electron chi connectivity index (χ3n) is 16.5. The van der Waals surface area contributed by atoms with Gasteiger partial charge in [0.1, 0.15) is 25.3 Å². The standard InChI is InChI=1S/C69H144N2O4/c1-9-13-17-21-25-29-33-37-41-45-49-53-60-72-66-68(74-62-55-51-47-43-39-35-31-27-23-19-15-11-3)64-70(5,6)58-57-59-71(7,8)65-69(75-63-56-52-48-44-40-36-32-28-24-20-16-12-4)67-73-61-54-50-46-42-38-34-30-26-22-18-14-10-2/h68-69H,9-67H2,1-8H3/q+2. The number of quaternary nitrogens is 2. The highest BCUT2D eigenvalue weighted by Crippen LogP contribution is 2.18. The van der Waals surface area contributed by atoms with Crippen molar-refractivity contribution in [3.63, 3.8) is 0 Å². The Bertz CT molecular complexity index is 975. The number of hydrogen-bond donors (Lipinski definition) is 0. The second-order valence-corrected chi connectivity index (χ2v) is 25.7. The average Bonchev–Trinajstić information content (AvgIpc) is 3.38. The van der Waals surface area contributed by atoms with E-state index in [2.05, 4.69) is 55.9 Å². The van der Waals surface area contributed by atoms with Crippen molar-refractivity contribution >= 4 is 0 Å². The Hall–Kier alpha value is -0.240. The molecule has 0 saturated heterocycles. The molecule has 75 heavy (non-hydrogen) atoms. The van der Waals surface area contributed by atoms with Crippen LogP contribution in [0.25, 0.3) is 0 Å². The molecular formula is C69H144N2O4+2. The quantitative estimate of drug-likeness (QED) is 0.0449. The molecule has 0 aromatic rings. The summed E-state index contributed by atoms with van der Waals surface area (Å²) in [4.78, 5) is 0. The molecule has 0 spiro atoms. The van der Waals surface area contributed by atoms with Crippen molar-refractivity contribution in [1.29, 1.82) is 0 Å². The van der Waals surface area contributed by atoms with Crippen LogP contribution in [0.4, 0.5) is 0 Å². The molecule has 0 aliphatic carbocycles. The van der Waals surface area contributed by atoms with E-state index in [1.54, 1.807) is 0 Å². The lowest BCUT2D eigenvalue weighted by molar-refractivity contribution is -0.912. The predicted molar refractivity (Wildman–Crippen MR) is 334 cm³/mol. The van der Waals surface area contributed by atoms with Gasteiger partial charge in [0.15, 0.2) is 0 Å². The molecule has 0 aromatic heterocycles. The first kappa shape index (κ1) is 74.8. The highest BCUT2D eigenvalue weighted by molar-refractivity contribution is 4.61. The summed E-state index contributed by atoms with van der Waals surface area (Å²) in [7, 11) is 9.70. The van der Waals surface area contributed by atoms with Crippen LogP contribution in [0.5, 0.6) is 0 Å². The number of likely N-dealkylation sites (N-methyl/N-ethyl adjacent to an activating group) is 2. The molecule has 0 heterocycles. The lowest BCUT2D eigenvalue weighted by atomic mass is 10.1. The van der Waals surface area contributed by atoms with E-state index in [4.69, 9.17) is 18.9 Å². The summed E-state index contributed by atoms with van der Waals surface area (Å²) in [5.41, 5.74) is 0. The number of rotatable bonds is 66. The van der Waals surface area contributed by atoms with E-state index < -0.39 is 0 Å². The molecule has 2 unspecified atom stereocenters. The maximum Gasteiger partial charge on any atom is 0.130 e. The van der Waals surface area contributed by atoms with Crippen LogP contribution < -0.4 is 0 Å². The molecule has 6 heteroatoms. The third kappa shape index (κ3) is 59.7. The Labute approximate surface area is 474 Å². The van der Waals surface area contributed by atoms with Gasteiger partial charge >= 0.3 is 0 Å². The van der Waals surface area contributed by atoms with E-state index in [1.165, 1.54) is 315 Å². The molecule has 452 valence electrons. The van der Waals surface area contributed by atoms with Crippen molar-refractivity contribution in [3.05, 3.63) is 0 Å². The van der Waals surface area contributed by atoms with Crippen molar-refractivity contribution in [3.8, 4) is 0 Å². The maximum atomic E-state index is 6.71. The van der Waals surface area contributed by atoms with Crippen LogP contribution in [-0.2, 0) is 18.9 Å². The molecule has 0 aliphatic rings. The van der Waals surface area contributed by atoms with Crippen LogP contribution in [0.15, 0.2) is 0 Å². The fourth-order valence-corrected chi connectivity index (χ4v) is 11.4. The molecule has 0 fully saturated rings. The van der Waals surface area contributed by atoms with Gasteiger partial charge in [-0.25, -0.2) is 0 Å². The first-order valence-corrected chi connectivity index (χ1v) is 34.7. The zero-order valence-corrected chi connectivity index (χ0v) is 53.4. The Morgan fingerprint density at radius 2 is 0.413 bits per heavy atom. The van der Waals surface area contributed by atoms with E-state index in [0.29, 0.717) is 0 Å². The smallest absolute Gasteiger partial charge is 0.130 e. The fourth-order valence-electron chi connectivity index (χ4n) is 11.4. The molecule has 0 radical (unpaired) electrons. The van der Waals surface area contributed by atoms with Crippen molar-refractivity contribution in [1.82, 2.24) is 0 Å². The van der Waals surface area contributed by atoms with Gasteiger partial charge in [0, 0.05) is 32.8 Å². The van der Waals surface area contributed by atoms with Gasteiger partial charge in [0.25, 0.3) is 0 Å². The normalized spacial score (nSPS) is 13.1. The van der Waals surface area contributed by atoms with Gasteiger partial charge in [-0.15, -0.1) is 0 Å². The van der Waals surface area contributed by atoms with Crippen molar-refractivity contribution < 1.29 is 27.9 Å². The predicted octanol–water partition coefficient (Wildman–Crippen LogP) is 21.1. The van der Waals surface area contributed by atoms with Gasteiger partial charge in [-0.05, 0) is 25.7 Å². The maximum absolute atomic E-state index is 6.71. The van der Waals surface area contributed by atoms with Gasteiger partial charge in [-0.2, -0.15) is 0 Å². The fraction of sp³-hybridized carbons (Fsp3) is 1.00. The van der Waals surface area contributed by atoms with Gasteiger partial charge in [0.05, 0.1) is 54.5 Å². The van der Waals surface area contributed by atoms with Crippen molar-refractivity contribution in [2.45, 2.75) is 355 Å². The molecule has 6 nitrogen and oxygen atoms in total. The van der Waals surface area contributed by atoms with Crippen LogP contribution in [0, 0.1) is 0 Å². The highest BCUT2D eigenvalue weighted by Gasteiger charge is 2.27. The summed E-state index contributed by atoms with van der Waals surface area (Å²) in [6.45, 7) is 18.5. The lowest BCUT2D eigenvalue weighted by Gasteiger charge is -2.36. The van der Waals surface area contributed by atoms with Crippen LogP contribution in [0.2, 0.25) is 0 Å². The Morgan fingerprint density at radius 1 is 0.227 bits per heavy atom. The lowest BCUT2D eigenvalue weighted by Crippen LogP contribution is -2.51. The minimum Gasteiger partial charge on any atom is -0.379 e. The number of hydrogen-bond acceptors (Lipinski definition) is 4. The largest absolute Gasteiger partial charge is 0.379 e. The topological polar surface area (TPSA) is 36.9 Å². The summed E-state index contributed by atoms with van der Waals surface area (Å²) in [6.07, 6.45) is 67.7. The molecular weight excluding hydrogens is 921 g/mol. The summed E-state index contributed by atoms with van der Waals surface area (Å²) in [5.74, 6) is 0. The van der Waals surface area contributed by atoms with E-state index in [1.807, 2.05) is 0 Å². The molecule has 0 amide bonds. The first-order valence-electron chi connectivity index (χ1n) is 34.7. The zero-order valence-electron chi connectivity index (χ0n) is 53.4.